The Hall–Kier alpha value is -2.11. The lowest BCUT2D eigenvalue weighted by atomic mass is 10.1. The third kappa shape index (κ3) is 3.56. The maximum Gasteiger partial charge on any atom is 0.294 e. The zero-order chi connectivity index (χ0) is 12.0. The number of amides is 1. The fourth-order valence-electron chi connectivity index (χ4n) is 1.15. The Labute approximate surface area is 92.3 Å². The molecule has 0 aliphatic carbocycles. The van der Waals surface area contributed by atoms with Gasteiger partial charge in [-0.3, -0.25) is 4.79 Å². The minimum atomic E-state index is -0.872. The molecule has 6 heteroatoms. The van der Waals surface area contributed by atoms with Crippen molar-refractivity contribution < 1.29 is 14.7 Å². The van der Waals surface area contributed by atoms with Crippen LogP contribution in [0.5, 0.6) is 0 Å². The van der Waals surface area contributed by atoms with Gasteiger partial charge in [0.2, 0.25) is 0 Å². The van der Waals surface area contributed by atoms with Crippen LogP contribution < -0.4 is 5.32 Å². The Balaban J connectivity index is 2.70. The molecule has 1 aromatic rings. The largest absolute Gasteiger partial charge is 0.352 e. The Kier molecular flexibility index (Phi) is 4.26. The SMILES string of the molecule is [CH2]CNC(=O)c1cccc(CO[N+](=O)[O-])c1. The quantitative estimate of drug-likeness (QED) is 0.595. The summed E-state index contributed by atoms with van der Waals surface area (Å²) in [5, 5.41) is 11.6. The van der Waals surface area contributed by atoms with Gasteiger partial charge in [0.25, 0.3) is 11.0 Å². The number of rotatable bonds is 5. The van der Waals surface area contributed by atoms with Crippen molar-refractivity contribution in [2.75, 3.05) is 6.54 Å². The first-order valence-corrected chi connectivity index (χ1v) is 4.57. The number of carbonyl (C=O) groups excluding carboxylic acids is 1. The van der Waals surface area contributed by atoms with Crippen molar-refractivity contribution >= 4 is 5.91 Å². The van der Waals surface area contributed by atoms with Crippen molar-refractivity contribution in [3.8, 4) is 0 Å². The first-order valence-electron chi connectivity index (χ1n) is 4.57. The zero-order valence-electron chi connectivity index (χ0n) is 8.51. The second-order valence-corrected chi connectivity index (χ2v) is 2.95. The van der Waals surface area contributed by atoms with Gasteiger partial charge in [-0.25, -0.2) is 0 Å². The van der Waals surface area contributed by atoms with Crippen LogP contribution in [0, 0.1) is 17.0 Å². The van der Waals surface area contributed by atoms with Crippen LogP contribution in [0.3, 0.4) is 0 Å². The number of hydrogen-bond acceptors (Lipinski definition) is 4. The molecule has 0 unspecified atom stereocenters. The van der Waals surface area contributed by atoms with Crippen LogP contribution in [0.2, 0.25) is 0 Å². The summed E-state index contributed by atoms with van der Waals surface area (Å²) in [4.78, 5) is 25.6. The molecule has 0 spiro atoms. The topological polar surface area (TPSA) is 81.5 Å². The molecular weight excluding hydrogens is 212 g/mol. The molecule has 0 heterocycles. The van der Waals surface area contributed by atoms with Crippen molar-refractivity contribution in [3.05, 3.63) is 52.4 Å². The van der Waals surface area contributed by atoms with E-state index in [9.17, 15) is 14.9 Å². The molecule has 0 aliphatic heterocycles. The van der Waals surface area contributed by atoms with Crippen LogP contribution >= 0.6 is 0 Å². The van der Waals surface area contributed by atoms with Gasteiger partial charge in [0.15, 0.2) is 0 Å². The highest BCUT2D eigenvalue weighted by Crippen LogP contribution is 2.06. The summed E-state index contributed by atoms with van der Waals surface area (Å²) in [7, 11) is 0. The van der Waals surface area contributed by atoms with Gasteiger partial charge in [-0.2, -0.15) is 0 Å². The zero-order valence-corrected chi connectivity index (χ0v) is 8.51. The lowest BCUT2D eigenvalue weighted by Gasteiger charge is -2.04. The van der Waals surface area contributed by atoms with Crippen LogP contribution in [0.4, 0.5) is 0 Å². The van der Waals surface area contributed by atoms with E-state index >= 15 is 0 Å². The molecule has 0 bridgehead atoms. The predicted octanol–water partition coefficient (Wildman–Crippen LogP) is 0.959. The molecule has 0 saturated heterocycles. The third-order valence-corrected chi connectivity index (χ3v) is 1.81. The van der Waals surface area contributed by atoms with Crippen LogP contribution in [0.25, 0.3) is 0 Å². The summed E-state index contributed by atoms with van der Waals surface area (Å²) in [6, 6.07) is 6.43. The fraction of sp³-hybridized carbons (Fsp3) is 0.200. The van der Waals surface area contributed by atoms with Crippen molar-refractivity contribution in [3.63, 3.8) is 0 Å². The molecule has 0 fully saturated rings. The lowest BCUT2D eigenvalue weighted by molar-refractivity contribution is -0.763. The maximum absolute atomic E-state index is 11.4. The van der Waals surface area contributed by atoms with E-state index in [2.05, 4.69) is 17.1 Å². The molecule has 0 aliphatic rings. The molecule has 1 rings (SSSR count). The summed E-state index contributed by atoms with van der Waals surface area (Å²) in [6.07, 6.45) is 0. The molecule has 6 nitrogen and oxygen atoms in total. The third-order valence-electron chi connectivity index (χ3n) is 1.81. The number of hydrogen-bond donors (Lipinski definition) is 1. The van der Waals surface area contributed by atoms with Gasteiger partial charge in [-0.05, 0) is 24.6 Å². The van der Waals surface area contributed by atoms with Crippen molar-refractivity contribution in [2.45, 2.75) is 6.61 Å². The highest BCUT2D eigenvalue weighted by Gasteiger charge is 2.05. The summed E-state index contributed by atoms with van der Waals surface area (Å²) in [5.74, 6) is -0.266. The van der Waals surface area contributed by atoms with E-state index < -0.39 is 5.09 Å². The molecule has 0 aromatic heterocycles. The van der Waals surface area contributed by atoms with E-state index in [0.717, 1.165) is 0 Å². The normalized spacial score (nSPS) is 9.56. The lowest BCUT2D eigenvalue weighted by Crippen LogP contribution is -2.22. The summed E-state index contributed by atoms with van der Waals surface area (Å²) in [5.41, 5.74) is 0.988. The average molecular weight is 223 g/mol. The molecule has 1 amide bonds. The van der Waals surface area contributed by atoms with Crippen molar-refractivity contribution in [2.24, 2.45) is 0 Å². The average Bonchev–Trinajstić information content (AvgIpc) is 2.27. The smallest absolute Gasteiger partial charge is 0.294 e. The predicted molar refractivity (Wildman–Crippen MR) is 55.9 cm³/mol. The van der Waals surface area contributed by atoms with Crippen LogP contribution in [0.1, 0.15) is 15.9 Å². The van der Waals surface area contributed by atoms with Crippen molar-refractivity contribution in [1.29, 1.82) is 0 Å². The second-order valence-electron chi connectivity index (χ2n) is 2.95. The van der Waals surface area contributed by atoms with Gasteiger partial charge < -0.3 is 10.2 Å². The standard InChI is InChI=1S/C10H11N2O4/c1-2-11-10(13)9-5-3-4-8(6-9)7-16-12(14)15/h3-6H,1-2,7H2,(H,11,13). The van der Waals surface area contributed by atoms with Gasteiger partial charge in [-0.1, -0.05) is 12.1 Å². The maximum atomic E-state index is 11.4. The van der Waals surface area contributed by atoms with Gasteiger partial charge >= 0.3 is 0 Å². The molecule has 0 atom stereocenters. The number of nitrogens with zero attached hydrogens (tertiary/aromatic N) is 1. The molecule has 85 valence electrons. The first-order chi connectivity index (χ1) is 7.63. The highest BCUT2D eigenvalue weighted by molar-refractivity contribution is 5.94. The van der Waals surface area contributed by atoms with Gasteiger partial charge in [0.1, 0.15) is 6.61 Å². The van der Waals surface area contributed by atoms with Gasteiger partial charge in [0.05, 0.1) is 0 Å². The van der Waals surface area contributed by atoms with Gasteiger partial charge in [-0.15, -0.1) is 10.1 Å². The van der Waals surface area contributed by atoms with E-state index in [1.54, 1.807) is 18.2 Å². The molecule has 0 saturated carbocycles. The van der Waals surface area contributed by atoms with Crippen LogP contribution in [0.15, 0.2) is 24.3 Å². The van der Waals surface area contributed by atoms with E-state index in [0.29, 0.717) is 11.1 Å². The Morgan fingerprint density at radius 1 is 1.56 bits per heavy atom. The molecule has 16 heavy (non-hydrogen) atoms. The fourth-order valence-corrected chi connectivity index (χ4v) is 1.15. The molecule has 1 aromatic carbocycles. The Bertz CT molecular complexity index is 392. The van der Waals surface area contributed by atoms with E-state index in [1.165, 1.54) is 6.07 Å². The molecule has 1 N–H and O–H groups in total. The highest BCUT2D eigenvalue weighted by atomic mass is 16.9. The van der Waals surface area contributed by atoms with E-state index in [-0.39, 0.29) is 19.1 Å². The minimum Gasteiger partial charge on any atom is -0.352 e. The number of benzene rings is 1. The van der Waals surface area contributed by atoms with Crippen LogP contribution in [-0.2, 0) is 11.4 Å². The summed E-state index contributed by atoms with van der Waals surface area (Å²) in [6.45, 7) is 3.61. The molecule has 1 radical (unpaired) electrons. The number of nitrogens with one attached hydrogen (secondary N) is 1. The summed E-state index contributed by atoms with van der Waals surface area (Å²) >= 11 is 0. The molecular formula is C10H11N2O4. The van der Waals surface area contributed by atoms with E-state index in [1.807, 2.05) is 0 Å². The number of carbonyl (C=O) groups is 1. The summed E-state index contributed by atoms with van der Waals surface area (Å²) < 4.78 is 0. The monoisotopic (exact) mass is 223 g/mol. The van der Waals surface area contributed by atoms with Gasteiger partial charge in [0, 0.05) is 12.1 Å². The first kappa shape index (κ1) is 12.0. The Morgan fingerprint density at radius 2 is 2.31 bits per heavy atom. The van der Waals surface area contributed by atoms with Crippen molar-refractivity contribution in [1.82, 2.24) is 5.32 Å². The minimum absolute atomic E-state index is 0.168. The van der Waals surface area contributed by atoms with E-state index in [4.69, 9.17) is 0 Å². The Morgan fingerprint density at radius 3 is 2.94 bits per heavy atom. The second kappa shape index (κ2) is 5.69. The van der Waals surface area contributed by atoms with Crippen LogP contribution in [-0.4, -0.2) is 17.5 Å².